The van der Waals surface area contributed by atoms with Crippen LogP contribution in [0.4, 0.5) is 0 Å². The molecule has 1 N–H and O–H groups in total. The molecule has 1 unspecified atom stereocenters. The molecule has 0 aliphatic carbocycles. The summed E-state index contributed by atoms with van der Waals surface area (Å²) in [5.74, 6) is -0.203. The van der Waals surface area contributed by atoms with Gasteiger partial charge in [-0.05, 0) is 56.7 Å². The Bertz CT molecular complexity index is 1400. The number of aromatic nitrogens is 5. The van der Waals surface area contributed by atoms with Gasteiger partial charge in [-0.25, -0.2) is 14.6 Å². The number of carbonyl (C=O) groups is 1. The summed E-state index contributed by atoms with van der Waals surface area (Å²) in [6.07, 6.45) is 3.13. The number of fused-ring (bicyclic) bond motifs is 1. The van der Waals surface area contributed by atoms with E-state index in [1.54, 1.807) is 22.3 Å². The van der Waals surface area contributed by atoms with Crippen LogP contribution in [0.2, 0.25) is 0 Å². The lowest BCUT2D eigenvalue weighted by Gasteiger charge is -2.15. The first kappa shape index (κ1) is 20.1. The summed E-state index contributed by atoms with van der Waals surface area (Å²) in [6.45, 7) is 5.80. The number of nitrogens with one attached hydrogen (secondary N) is 1. The molecule has 0 aliphatic heterocycles. The van der Waals surface area contributed by atoms with Gasteiger partial charge in [-0.1, -0.05) is 17.3 Å². The lowest BCUT2D eigenvalue weighted by molar-refractivity contribution is 0.0941. The first-order valence-electron chi connectivity index (χ1n) is 10.1. The fraction of sp³-hybridized carbons (Fsp3) is 0.174. The van der Waals surface area contributed by atoms with Crippen molar-refractivity contribution in [3.8, 4) is 16.3 Å². The second-order valence-corrected chi connectivity index (χ2v) is 8.83. The Morgan fingerprint density at radius 2 is 1.97 bits per heavy atom. The number of hydrogen-bond donors (Lipinski definition) is 1. The van der Waals surface area contributed by atoms with Crippen molar-refractivity contribution in [3.63, 3.8) is 0 Å². The molecule has 5 aromatic rings. The van der Waals surface area contributed by atoms with E-state index in [1.165, 1.54) is 11.2 Å². The smallest absolute Gasteiger partial charge is 0.259 e. The average Bonchev–Trinajstić information content (AvgIpc) is 3.55. The van der Waals surface area contributed by atoms with E-state index in [-0.39, 0.29) is 11.9 Å². The predicted molar refractivity (Wildman–Crippen MR) is 122 cm³/mol. The number of aryl methyl sites for hydroxylation is 2. The van der Waals surface area contributed by atoms with Crippen LogP contribution in [0.3, 0.4) is 0 Å². The van der Waals surface area contributed by atoms with Crippen molar-refractivity contribution in [1.29, 1.82) is 0 Å². The van der Waals surface area contributed by atoms with Gasteiger partial charge in [0.05, 0.1) is 38.9 Å². The Morgan fingerprint density at radius 1 is 1.16 bits per heavy atom. The first-order valence-corrected chi connectivity index (χ1v) is 10.9. The fourth-order valence-corrected chi connectivity index (χ4v) is 4.42. The number of carbonyl (C=O) groups excluding carboxylic acids is 1. The molecule has 0 saturated carbocycles. The van der Waals surface area contributed by atoms with Gasteiger partial charge < -0.3 is 9.84 Å². The fourth-order valence-electron chi connectivity index (χ4n) is 3.59. The van der Waals surface area contributed by atoms with E-state index in [1.807, 2.05) is 63.2 Å². The molecule has 160 valence electrons. The number of pyridine rings is 1. The predicted octanol–water partition coefficient (Wildman–Crippen LogP) is 4.64. The summed E-state index contributed by atoms with van der Waals surface area (Å²) in [4.78, 5) is 24.0. The molecule has 1 atom stereocenters. The van der Waals surface area contributed by atoms with Gasteiger partial charge in [0.15, 0.2) is 0 Å². The third kappa shape index (κ3) is 3.67. The number of thiophene rings is 1. The highest BCUT2D eigenvalue weighted by Crippen LogP contribution is 2.31. The van der Waals surface area contributed by atoms with Gasteiger partial charge in [0.2, 0.25) is 0 Å². The highest BCUT2D eigenvalue weighted by Gasteiger charge is 2.21. The van der Waals surface area contributed by atoms with E-state index in [0.29, 0.717) is 28.1 Å². The number of amides is 1. The molecule has 4 aromatic heterocycles. The molecule has 0 aliphatic rings. The van der Waals surface area contributed by atoms with Crippen molar-refractivity contribution < 1.29 is 9.32 Å². The van der Waals surface area contributed by atoms with Crippen LogP contribution >= 0.6 is 11.3 Å². The molecular weight excluding hydrogens is 424 g/mol. The molecule has 0 spiro atoms. The summed E-state index contributed by atoms with van der Waals surface area (Å²) in [7, 11) is 0. The monoisotopic (exact) mass is 444 g/mol. The maximum absolute atomic E-state index is 13.3. The van der Waals surface area contributed by atoms with Crippen molar-refractivity contribution in [2.45, 2.75) is 26.8 Å². The number of hydrogen-bond acceptors (Lipinski definition) is 7. The second kappa shape index (κ2) is 8.01. The minimum absolute atomic E-state index is 0.203. The molecule has 8 nitrogen and oxygen atoms in total. The molecule has 0 bridgehead atoms. The number of benzene rings is 1. The molecule has 4 heterocycles. The Morgan fingerprint density at radius 3 is 2.66 bits per heavy atom. The highest BCUT2D eigenvalue weighted by atomic mass is 32.1. The molecule has 1 aromatic carbocycles. The molecule has 32 heavy (non-hydrogen) atoms. The molecule has 0 saturated heterocycles. The Balaban J connectivity index is 1.44. The van der Waals surface area contributed by atoms with Crippen LogP contribution in [0, 0.1) is 13.8 Å². The Hall–Kier alpha value is -3.85. The number of rotatable bonds is 5. The van der Waals surface area contributed by atoms with Gasteiger partial charge in [-0.2, -0.15) is 5.10 Å². The SMILES string of the molecule is Cc1ccc(-c2cc(C(=O)NC(C)c3ccc(-n4cncn4)cc3)c3c(C)noc3n2)s1. The van der Waals surface area contributed by atoms with Crippen molar-refractivity contribution in [2.24, 2.45) is 0 Å². The van der Waals surface area contributed by atoms with Crippen LogP contribution in [0.15, 0.2) is 59.6 Å². The first-order chi connectivity index (χ1) is 15.5. The normalized spacial score (nSPS) is 12.2. The number of nitrogens with zero attached hydrogens (tertiary/aromatic N) is 5. The van der Waals surface area contributed by atoms with Gasteiger partial charge in [0.25, 0.3) is 11.6 Å². The Kier molecular flexibility index (Phi) is 5.02. The topological polar surface area (TPSA) is 98.7 Å². The third-order valence-corrected chi connectivity index (χ3v) is 6.30. The van der Waals surface area contributed by atoms with Crippen LogP contribution < -0.4 is 5.32 Å². The van der Waals surface area contributed by atoms with Crippen LogP contribution in [0.25, 0.3) is 27.4 Å². The van der Waals surface area contributed by atoms with E-state index in [2.05, 4.69) is 25.5 Å². The molecule has 0 fully saturated rings. The summed E-state index contributed by atoms with van der Waals surface area (Å²) < 4.78 is 7.08. The summed E-state index contributed by atoms with van der Waals surface area (Å²) in [6, 6.07) is 13.5. The maximum Gasteiger partial charge on any atom is 0.259 e. The van der Waals surface area contributed by atoms with Crippen molar-refractivity contribution in [1.82, 2.24) is 30.2 Å². The van der Waals surface area contributed by atoms with Gasteiger partial charge >= 0.3 is 0 Å². The molecule has 5 rings (SSSR count). The largest absolute Gasteiger partial charge is 0.345 e. The average molecular weight is 445 g/mol. The van der Waals surface area contributed by atoms with Crippen molar-refractivity contribution in [2.75, 3.05) is 0 Å². The van der Waals surface area contributed by atoms with E-state index in [4.69, 9.17) is 4.52 Å². The second-order valence-electron chi connectivity index (χ2n) is 7.54. The molecule has 1 amide bonds. The summed E-state index contributed by atoms with van der Waals surface area (Å²) in [5, 5.41) is 11.9. The van der Waals surface area contributed by atoms with Crippen LogP contribution in [0.1, 0.15) is 39.5 Å². The minimum atomic E-state index is -0.205. The minimum Gasteiger partial charge on any atom is -0.345 e. The molecule has 0 radical (unpaired) electrons. The van der Waals surface area contributed by atoms with Gasteiger partial charge in [-0.3, -0.25) is 4.79 Å². The van der Waals surface area contributed by atoms with E-state index < -0.39 is 0 Å². The van der Waals surface area contributed by atoms with Gasteiger partial charge in [0.1, 0.15) is 12.7 Å². The third-order valence-electron chi connectivity index (χ3n) is 5.28. The lowest BCUT2D eigenvalue weighted by Crippen LogP contribution is -2.27. The highest BCUT2D eigenvalue weighted by molar-refractivity contribution is 7.15. The zero-order chi connectivity index (χ0) is 22.2. The van der Waals surface area contributed by atoms with Crippen molar-refractivity contribution in [3.05, 3.63) is 76.8 Å². The van der Waals surface area contributed by atoms with Crippen LogP contribution in [-0.2, 0) is 0 Å². The van der Waals surface area contributed by atoms with E-state index >= 15 is 0 Å². The molecular formula is C23H20N6O2S. The maximum atomic E-state index is 13.3. The molecule has 9 heteroatoms. The Labute approximate surface area is 187 Å². The van der Waals surface area contributed by atoms with E-state index in [9.17, 15) is 4.79 Å². The van der Waals surface area contributed by atoms with Crippen molar-refractivity contribution >= 4 is 28.3 Å². The van der Waals surface area contributed by atoms with Crippen LogP contribution in [-0.4, -0.2) is 30.8 Å². The zero-order valence-electron chi connectivity index (χ0n) is 17.7. The van der Waals surface area contributed by atoms with Gasteiger partial charge in [-0.15, -0.1) is 11.3 Å². The summed E-state index contributed by atoms with van der Waals surface area (Å²) in [5.41, 5.74) is 4.07. The zero-order valence-corrected chi connectivity index (χ0v) is 18.6. The van der Waals surface area contributed by atoms with Gasteiger partial charge in [0, 0.05) is 4.88 Å². The van der Waals surface area contributed by atoms with Crippen LogP contribution in [0.5, 0.6) is 0 Å². The van der Waals surface area contributed by atoms with E-state index in [0.717, 1.165) is 16.1 Å². The summed E-state index contributed by atoms with van der Waals surface area (Å²) >= 11 is 1.62. The quantitative estimate of drug-likeness (QED) is 0.424. The lowest BCUT2D eigenvalue weighted by atomic mass is 10.1. The standard InChI is InChI=1S/C23H20N6O2S/c1-13-4-9-20(32-13)19-10-18(21-15(3)28-31-23(21)27-19)22(30)26-14(2)16-5-7-17(8-6-16)29-12-24-11-25-29/h4-12,14H,1-3H3,(H,26,30).